The topological polar surface area (TPSA) is 39.7 Å². The number of aryl methyl sites for hydroxylation is 2. The van der Waals surface area contributed by atoms with Crippen LogP contribution >= 0.6 is 0 Å². The molecule has 5 nitrogen and oxygen atoms in total. The molecule has 4 rings (SSSR count). The van der Waals surface area contributed by atoms with Gasteiger partial charge < -0.3 is 9.80 Å². The number of anilines is 1. The molecule has 0 aliphatic carbocycles. The molecule has 1 aromatic carbocycles. The Hall–Kier alpha value is -2.40. The maximum Gasteiger partial charge on any atom is 0.222 e. The SMILES string of the molecule is Cc1ccc(C)c(CN2CCC[C@H](CCC(=O)N3CCN(c4ccccn4)CC3)C2)c1. The van der Waals surface area contributed by atoms with Crippen molar-refractivity contribution in [3.63, 3.8) is 0 Å². The highest BCUT2D eigenvalue weighted by atomic mass is 16.2. The molecule has 1 aromatic heterocycles. The molecule has 3 heterocycles. The molecule has 2 fully saturated rings. The summed E-state index contributed by atoms with van der Waals surface area (Å²) in [7, 11) is 0. The Kier molecular flexibility index (Phi) is 7.23. The third-order valence-corrected chi connectivity index (χ3v) is 6.87. The fourth-order valence-electron chi connectivity index (χ4n) is 4.95. The Morgan fingerprint density at radius 2 is 1.90 bits per heavy atom. The van der Waals surface area contributed by atoms with Gasteiger partial charge in [0.2, 0.25) is 5.91 Å². The number of piperazine rings is 1. The average Bonchev–Trinajstić information content (AvgIpc) is 2.81. The first-order valence-corrected chi connectivity index (χ1v) is 11.8. The Labute approximate surface area is 187 Å². The molecule has 31 heavy (non-hydrogen) atoms. The summed E-state index contributed by atoms with van der Waals surface area (Å²) in [5.74, 6) is 1.98. The summed E-state index contributed by atoms with van der Waals surface area (Å²) in [6.45, 7) is 11.1. The second kappa shape index (κ2) is 10.3. The number of pyridine rings is 1. The molecule has 5 heteroatoms. The highest BCUT2D eigenvalue weighted by molar-refractivity contribution is 5.76. The molecule has 2 aromatic rings. The molecule has 0 unspecified atom stereocenters. The van der Waals surface area contributed by atoms with Crippen LogP contribution in [0.25, 0.3) is 0 Å². The first kappa shape index (κ1) is 21.8. The van der Waals surface area contributed by atoms with Gasteiger partial charge in [-0.2, -0.15) is 0 Å². The number of aromatic nitrogens is 1. The van der Waals surface area contributed by atoms with Crippen molar-refractivity contribution in [3.8, 4) is 0 Å². The maximum atomic E-state index is 12.8. The Balaban J connectivity index is 1.22. The van der Waals surface area contributed by atoms with Gasteiger partial charge in [0.05, 0.1) is 0 Å². The third-order valence-electron chi connectivity index (χ3n) is 6.87. The number of carbonyl (C=O) groups excluding carboxylic acids is 1. The van der Waals surface area contributed by atoms with Gasteiger partial charge in [-0.05, 0) is 68.8 Å². The van der Waals surface area contributed by atoms with Gasteiger partial charge in [-0.25, -0.2) is 4.98 Å². The van der Waals surface area contributed by atoms with Gasteiger partial charge in [0.25, 0.3) is 0 Å². The number of rotatable bonds is 6. The van der Waals surface area contributed by atoms with Crippen molar-refractivity contribution < 1.29 is 4.79 Å². The highest BCUT2D eigenvalue weighted by Gasteiger charge is 2.25. The standard InChI is InChI=1S/C26H36N4O/c1-21-8-9-22(2)24(18-21)20-28-13-5-6-23(19-28)10-11-26(31)30-16-14-29(15-17-30)25-7-3-4-12-27-25/h3-4,7-9,12,18,23H,5-6,10-11,13-17,19-20H2,1-2H3/t23-/m1/s1. The van der Waals surface area contributed by atoms with Gasteiger partial charge in [-0.3, -0.25) is 9.69 Å². The molecule has 0 N–H and O–H groups in total. The Morgan fingerprint density at radius 1 is 1.06 bits per heavy atom. The maximum absolute atomic E-state index is 12.8. The molecular weight excluding hydrogens is 384 g/mol. The number of likely N-dealkylation sites (tertiary alicyclic amines) is 1. The molecular formula is C26H36N4O. The number of piperidine rings is 1. The molecule has 2 aliphatic rings. The number of hydrogen-bond donors (Lipinski definition) is 0. The van der Waals surface area contributed by atoms with Crippen molar-refractivity contribution in [1.82, 2.24) is 14.8 Å². The van der Waals surface area contributed by atoms with Crippen molar-refractivity contribution >= 4 is 11.7 Å². The second-order valence-corrected chi connectivity index (χ2v) is 9.27. The van der Waals surface area contributed by atoms with Crippen LogP contribution in [0.15, 0.2) is 42.6 Å². The van der Waals surface area contributed by atoms with Crippen molar-refractivity contribution in [2.45, 2.75) is 46.1 Å². The second-order valence-electron chi connectivity index (χ2n) is 9.27. The quantitative estimate of drug-likeness (QED) is 0.707. The fourth-order valence-corrected chi connectivity index (χ4v) is 4.95. The van der Waals surface area contributed by atoms with Crippen LogP contribution in [-0.4, -0.2) is 60.0 Å². The van der Waals surface area contributed by atoms with Gasteiger partial charge in [-0.1, -0.05) is 29.8 Å². The van der Waals surface area contributed by atoms with Crippen LogP contribution in [-0.2, 0) is 11.3 Å². The first-order valence-electron chi connectivity index (χ1n) is 11.8. The van der Waals surface area contributed by atoms with Crippen LogP contribution in [0.5, 0.6) is 0 Å². The number of carbonyl (C=O) groups is 1. The van der Waals surface area contributed by atoms with Gasteiger partial charge in [0.1, 0.15) is 5.82 Å². The predicted octanol–water partition coefficient (Wildman–Crippen LogP) is 4.04. The van der Waals surface area contributed by atoms with Crippen LogP contribution in [0.2, 0.25) is 0 Å². The zero-order chi connectivity index (χ0) is 21.6. The molecule has 0 saturated carbocycles. The minimum atomic E-state index is 0.326. The Morgan fingerprint density at radius 3 is 2.68 bits per heavy atom. The molecule has 1 amide bonds. The summed E-state index contributed by atoms with van der Waals surface area (Å²) in [5.41, 5.74) is 4.16. The van der Waals surface area contributed by atoms with E-state index >= 15 is 0 Å². The van der Waals surface area contributed by atoms with Crippen LogP contribution in [0, 0.1) is 19.8 Å². The lowest BCUT2D eigenvalue weighted by atomic mass is 9.92. The minimum Gasteiger partial charge on any atom is -0.353 e. The van der Waals surface area contributed by atoms with Gasteiger partial charge in [0, 0.05) is 51.9 Å². The van der Waals surface area contributed by atoms with Crippen LogP contribution in [0.4, 0.5) is 5.82 Å². The molecule has 1 atom stereocenters. The fraction of sp³-hybridized carbons (Fsp3) is 0.538. The number of hydrogen-bond acceptors (Lipinski definition) is 4. The van der Waals surface area contributed by atoms with Crippen molar-refractivity contribution in [1.29, 1.82) is 0 Å². The summed E-state index contributed by atoms with van der Waals surface area (Å²) >= 11 is 0. The lowest BCUT2D eigenvalue weighted by molar-refractivity contribution is -0.131. The number of nitrogens with zero attached hydrogens (tertiary/aromatic N) is 4. The summed E-state index contributed by atoms with van der Waals surface area (Å²) in [4.78, 5) is 24.2. The zero-order valence-corrected chi connectivity index (χ0v) is 19.1. The average molecular weight is 421 g/mol. The van der Waals surface area contributed by atoms with E-state index in [1.54, 1.807) is 0 Å². The van der Waals surface area contributed by atoms with Crippen LogP contribution < -0.4 is 4.90 Å². The largest absolute Gasteiger partial charge is 0.353 e. The summed E-state index contributed by atoms with van der Waals surface area (Å²) in [6.07, 6.45) is 6.03. The summed E-state index contributed by atoms with van der Waals surface area (Å²) in [6, 6.07) is 12.8. The first-order chi connectivity index (χ1) is 15.1. The van der Waals surface area contributed by atoms with E-state index in [4.69, 9.17) is 0 Å². The van der Waals surface area contributed by atoms with E-state index in [9.17, 15) is 4.79 Å². The van der Waals surface area contributed by atoms with Gasteiger partial charge >= 0.3 is 0 Å². The molecule has 2 saturated heterocycles. The van der Waals surface area contributed by atoms with E-state index in [-0.39, 0.29) is 0 Å². The highest BCUT2D eigenvalue weighted by Crippen LogP contribution is 2.24. The molecule has 0 radical (unpaired) electrons. The smallest absolute Gasteiger partial charge is 0.222 e. The van der Waals surface area contributed by atoms with Gasteiger partial charge in [-0.15, -0.1) is 0 Å². The van der Waals surface area contributed by atoms with E-state index in [1.807, 2.05) is 24.4 Å². The molecule has 0 bridgehead atoms. The number of amides is 1. The van der Waals surface area contributed by atoms with Crippen molar-refractivity contribution in [2.24, 2.45) is 5.92 Å². The van der Waals surface area contributed by atoms with Crippen LogP contribution in [0.1, 0.15) is 42.4 Å². The van der Waals surface area contributed by atoms with E-state index in [1.165, 1.54) is 36.1 Å². The number of benzene rings is 1. The molecule has 2 aliphatic heterocycles. The minimum absolute atomic E-state index is 0.326. The normalized spacial score (nSPS) is 20.1. The zero-order valence-electron chi connectivity index (χ0n) is 19.1. The van der Waals surface area contributed by atoms with E-state index < -0.39 is 0 Å². The van der Waals surface area contributed by atoms with Crippen molar-refractivity contribution in [2.75, 3.05) is 44.2 Å². The summed E-state index contributed by atoms with van der Waals surface area (Å²) in [5, 5.41) is 0. The van der Waals surface area contributed by atoms with E-state index in [2.05, 4.69) is 51.7 Å². The Bertz CT molecular complexity index is 861. The van der Waals surface area contributed by atoms with E-state index in [0.29, 0.717) is 18.2 Å². The summed E-state index contributed by atoms with van der Waals surface area (Å²) < 4.78 is 0. The van der Waals surface area contributed by atoms with Crippen LogP contribution in [0.3, 0.4) is 0 Å². The molecule has 0 spiro atoms. The van der Waals surface area contributed by atoms with Gasteiger partial charge in [0.15, 0.2) is 0 Å². The van der Waals surface area contributed by atoms with E-state index in [0.717, 1.165) is 51.5 Å². The monoisotopic (exact) mass is 420 g/mol. The van der Waals surface area contributed by atoms with Crippen molar-refractivity contribution in [3.05, 3.63) is 59.3 Å². The lowest BCUT2D eigenvalue weighted by Crippen LogP contribution is -2.49. The lowest BCUT2D eigenvalue weighted by Gasteiger charge is -2.36. The predicted molar refractivity (Wildman–Crippen MR) is 126 cm³/mol. The third kappa shape index (κ3) is 5.85. The molecule has 166 valence electrons.